The summed E-state index contributed by atoms with van der Waals surface area (Å²) in [5.74, 6) is -0.0849. The summed E-state index contributed by atoms with van der Waals surface area (Å²) in [7, 11) is -2.12. The van der Waals surface area contributed by atoms with E-state index in [9.17, 15) is 13.2 Å². The Labute approximate surface area is 129 Å². The van der Waals surface area contributed by atoms with Crippen molar-refractivity contribution in [1.29, 1.82) is 0 Å². The second-order valence-corrected chi connectivity index (χ2v) is 7.15. The molecule has 0 saturated carbocycles. The maximum Gasteiger partial charge on any atom is 0.259 e. The van der Waals surface area contributed by atoms with Crippen molar-refractivity contribution < 1.29 is 13.2 Å². The van der Waals surface area contributed by atoms with E-state index in [2.05, 4.69) is 6.92 Å². The highest BCUT2D eigenvalue weighted by atomic mass is 32.2. The Kier molecular flexibility index (Phi) is 3.45. The number of rotatable bonds is 4. The normalized spacial score (nSPS) is 14.1. The number of hydrogen-bond donors (Lipinski definition) is 1. The van der Waals surface area contributed by atoms with Crippen LogP contribution >= 0.6 is 0 Å². The lowest BCUT2D eigenvalue weighted by Crippen LogP contribution is -2.21. The number of sulfonamides is 1. The van der Waals surface area contributed by atoms with Crippen molar-refractivity contribution in [2.45, 2.75) is 31.1 Å². The minimum atomic E-state index is -3.83. The van der Waals surface area contributed by atoms with Gasteiger partial charge in [0.05, 0.1) is 16.1 Å². The Morgan fingerprint density at radius 1 is 1.18 bits per heavy atom. The van der Waals surface area contributed by atoms with E-state index in [1.165, 1.54) is 6.07 Å². The number of benzene rings is 2. The molecule has 1 amide bonds. The van der Waals surface area contributed by atoms with Crippen molar-refractivity contribution in [3.05, 3.63) is 35.4 Å². The minimum Gasteiger partial charge on any atom is -0.311 e. The number of aryl methyl sites for hydroxylation is 1. The van der Waals surface area contributed by atoms with Crippen LogP contribution in [0.25, 0.3) is 10.8 Å². The van der Waals surface area contributed by atoms with Crippen LogP contribution in [0.15, 0.2) is 29.2 Å². The Bertz CT molecular complexity index is 888. The quantitative estimate of drug-likeness (QED) is 0.940. The summed E-state index contributed by atoms with van der Waals surface area (Å²) in [6.07, 6.45) is 2.83. The summed E-state index contributed by atoms with van der Waals surface area (Å²) < 4.78 is 23.6. The molecule has 2 N–H and O–H groups in total. The van der Waals surface area contributed by atoms with Crippen molar-refractivity contribution >= 4 is 32.4 Å². The van der Waals surface area contributed by atoms with Crippen molar-refractivity contribution in [2.24, 2.45) is 5.14 Å². The van der Waals surface area contributed by atoms with E-state index in [4.69, 9.17) is 5.14 Å². The predicted molar refractivity (Wildman–Crippen MR) is 86.7 cm³/mol. The molecule has 22 heavy (non-hydrogen) atoms. The van der Waals surface area contributed by atoms with Crippen molar-refractivity contribution in [3.8, 4) is 0 Å². The summed E-state index contributed by atoms with van der Waals surface area (Å²) in [5.41, 5.74) is 2.33. The second-order valence-electron chi connectivity index (χ2n) is 5.62. The molecule has 0 aliphatic carbocycles. The molecule has 2 aromatic carbocycles. The fraction of sp³-hybridized carbons (Fsp3) is 0.312. The largest absolute Gasteiger partial charge is 0.311 e. The van der Waals surface area contributed by atoms with Crippen LogP contribution in [0.3, 0.4) is 0 Å². The topological polar surface area (TPSA) is 80.5 Å². The molecule has 0 atom stereocenters. The minimum absolute atomic E-state index is 0.0673. The van der Waals surface area contributed by atoms with Gasteiger partial charge >= 0.3 is 0 Å². The van der Waals surface area contributed by atoms with Gasteiger partial charge in [-0.25, -0.2) is 13.6 Å². The van der Waals surface area contributed by atoms with Gasteiger partial charge in [0.1, 0.15) is 0 Å². The maximum absolute atomic E-state index is 12.6. The first-order valence-electron chi connectivity index (χ1n) is 7.25. The number of amides is 1. The fourth-order valence-electron chi connectivity index (χ4n) is 3.07. The third kappa shape index (κ3) is 2.10. The molecule has 6 heteroatoms. The van der Waals surface area contributed by atoms with Gasteiger partial charge in [0.25, 0.3) is 5.91 Å². The predicted octanol–water partition coefficient (Wildman–Crippen LogP) is 2.42. The molecule has 0 radical (unpaired) electrons. The van der Waals surface area contributed by atoms with Gasteiger partial charge in [0, 0.05) is 17.8 Å². The lowest BCUT2D eigenvalue weighted by atomic mass is 9.96. The van der Waals surface area contributed by atoms with Gasteiger partial charge in [0.15, 0.2) is 0 Å². The van der Waals surface area contributed by atoms with Gasteiger partial charge in [-0.2, -0.15) is 0 Å². The van der Waals surface area contributed by atoms with Crippen molar-refractivity contribution in [2.75, 3.05) is 11.9 Å². The van der Waals surface area contributed by atoms with E-state index < -0.39 is 10.0 Å². The van der Waals surface area contributed by atoms with Crippen LogP contribution in [0.5, 0.6) is 0 Å². The number of hydrogen-bond acceptors (Lipinski definition) is 3. The summed E-state index contributed by atoms with van der Waals surface area (Å²) in [4.78, 5) is 14.2. The molecule has 0 saturated heterocycles. The molecule has 1 heterocycles. The lowest BCUT2D eigenvalue weighted by Gasteiger charge is -2.10. The van der Waals surface area contributed by atoms with E-state index in [0.29, 0.717) is 16.3 Å². The highest BCUT2D eigenvalue weighted by Crippen LogP contribution is 2.41. The molecule has 3 rings (SSSR count). The Hall–Kier alpha value is -1.92. The fourth-order valence-corrected chi connectivity index (χ4v) is 3.80. The van der Waals surface area contributed by atoms with Gasteiger partial charge in [-0.1, -0.05) is 25.5 Å². The molecule has 1 aliphatic rings. The second kappa shape index (κ2) is 5.07. The lowest BCUT2D eigenvalue weighted by molar-refractivity contribution is 0.0998. The number of primary sulfonamides is 1. The Balaban J connectivity index is 2.37. The highest BCUT2D eigenvalue weighted by Gasteiger charge is 2.31. The molecule has 0 bridgehead atoms. The summed E-state index contributed by atoms with van der Waals surface area (Å²) >= 11 is 0. The maximum atomic E-state index is 12.6. The molecule has 0 fully saturated rings. The first-order chi connectivity index (χ1) is 10.4. The van der Waals surface area contributed by atoms with Crippen LogP contribution in [0.4, 0.5) is 5.69 Å². The van der Waals surface area contributed by atoms with Crippen LogP contribution in [0.1, 0.15) is 35.7 Å². The summed E-state index contributed by atoms with van der Waals surface area (Å²) in [6, 6.07) is 6.74. The number of carbonyl (C=O) groups excluding carboxylic acids is 1. The van der Waals surface area contributed by atoms with Gasteiger partial charge in [-0.05, 0) is 30.5 Å². The number of carbonyl (C=O) groups is 1. The van der Waals surface area contributed by atoms with E-state index in [0.717, 1.165) is 30.5 Å². The van der Waals surface area contributed by atoms with Crippen molar-refractivity contribution in [1.82, 2.24) is 0 Å². The molecule has 1 aliphatic heterocycles. The molecule has 5 nitrogen and oxygen atoms in total. The van der Waals surface area contributed by atoms with E-state index in [1.54, 1.807) is 24.1 Å². The Morgan fingerprint density at radius 3 is 2.55 bits per heavy atom. The third-order valence-electron chi connectivity index (χ3n) is 4.19. The van der Waals surface area contributed by atoms with E-state index in [1.807, 2.05) is 6.07 Å². The Morgan fingerprint density at radius 2 is 1.91 bits per heavy atom. The van der Waals surface area contributed by atoms with Crippen LogP contribution < -0.4 is 10.0 Å². The standard InChI is InChI=1S/C16H18N2O3S/c1-3-4-5-10-6-7-11-13(22(17,20)21)9-8-12-15(11)14(10)16(19)18(12)2/h6-9H,3-5H2,1-2H3,(H2,17,20,21). The average Bonchev–Trinajstić information content (AvgIpc) is 2.72. The zero-order valence-corrected chi connectivity index (χ0v) is 13.4. The third-order valence-corrected chi connectivity index (χ3v) is 5.16. The van der Waals surface area contributed by atoms with Gasteiger partial charge in [-0.3, -0.25) is 4.79 Å². The molecule has 2 aromatic rings. The number of anilines is 1. The molecule has 0 spiro atoms. The van der Waals surface area contributed by atoms with Gasteiger partial charge in [0.2, 0.25) is 10.0 Å². The number of nitrogens with two attached hydrogens (primary N) is 1. The first-order valence-corrected chi connectivity index (χ1v) is 8.80. The molecular weight excluding hydrogens is 300 g/mol. The van der Waals surface area contributed by atoms with Crippen LogP contribution in [-0.4, -0.2) is 21.4 Å². The van der Waals surface area contributed by atoms with Crippen LogP contribution in [0.2, 0.25) is 0 Å². The number of unbranched alkanes of at least 4 members (excludes halogenated alkanes) is 1. The van der Waals surface area contributed by atoms with Crippen LogP contribution in [-0.2, 0) is 16.4 Å². The average molecular weight is 318 g/mol. The van der Waals surface area contributed by atoms with E-state index >= 15 is 0 Å². The van der Waals surface area contributed by atoms with Crippen LogP contribution in [0, 0.1) is 0 Å². The zero-order chi connectivity index (χ0) is 16.1. The van der Waals surface area contributed by atoms with Gasteiger partial charge in [-0.15, -0.1) is 0 Å². The molecule has 0 aromatic heterocycles. The van der Waals surface area contributed by atoms with E-state index in [-0.39, 0.29) is 10.8 Å². The molecular formula is C16H18N2O3S. The first kappa shape index (κ1) is 15.0. The highest BCUT2D eigenvalue weighted by molar-refractivity contribution is 7.89. The summed E-state index contributed by atoms with van der Waals surface area (Å²) in [5, 5.41) is 6.53. The molecule has 0 unspecified atom stereocenters. The summed E-state index contributed by atoms with van der Waals surface area (Å²) in [6.45, 7) is 2.10. The van der Waals surface area contributed by atoms with Gasteiger partial charge < -0.3 is 4.90 Å². The zero-order valence-electron chi connectivity index (χ0n) is 12.6. The molecule has 116 valence electrons. The monoisotopic (exact) mass is 318 g/mol. The van der Waals surface area contributed by atoms with Crippen molar-refractivity contribution in [3.63, 3.8) is 0 Å². The number of nitrogens with zero attached hydrogens (tertiary/aromatic N) is 1. The SMILES string of the molecule is CCCCc1ccc2c(S(N)(=O)=O)ccc3c2c1C(=O)N3C. The smallest absolute Gasteiger partial charge is 0.259 e.